The van der Waals surface area contributed by atoms with Gasteiger partial charge in [-0.15, -0.1) is 0 Å². The summed E-state index contributed by atoms with van der Waals surface area (Å²) in [6, 6.07) is 7.96. The topological polar surface area (TPSA) is 57.6 Å². The molecule has 0 unspecified atom stereocenters. The van der Waals surface area contributed by atoms with Crippen LogP contribution in [0.3, 0.4) is 0 Å². The maximum absolute atomic E-state index is 12.4. The van der Waals surface area contributed by atoms with Gasteiger partial charge in [-0.2, -0.15) is 0 Å². The lowest BCUT2D eigenvalue weighted by Crippen LogP contribution is -2.40. The van der Waals surface area contributed by atoms with E-state index in [9.17, 15) is 9.59 Å². The summed E-state index contributed by atoms with van der Waals surface area (Å²) in [6.07, 6.45) is 3.32. The standard InChI is InChI=1S/C17H23NO3/c1-13-5-2-3-7-15(13)11-16(19)18-10-4-6-14(12-18)8-9-17(20)21/h2-3,5,7,14H,4,6,8-12H2,1H3,(H,20,21)/t14-/m0/s1. The molecule has 0 radical (unpaired) electrons. The number of aliphatic carboxylic acids is 1. The Morgan fingerprint density at radius 1 is 1.33 bits per heavy atom. The third kappa shape index (κ3) is 4.59. The fourth-order valence-electron chi connectivity index (χ4n) is 2.94. The van der Waals surface area contributed by atoms with Crippen molar-refractivity contribution < 1.29 is 14.7 Å². The van der Waals surface area contributed by atoms with Crippen LogP contribution in [0.25, 0.3) is 0 Å². The summed E-state index contributed by atoms with van der Waals surface area (Å²) in [5, 5.41) is 8.76. The van der Waals surface area contributed by atoms with Crippen LogP contribution in [-0.2, 0) is 16.0 Å². The highest BCUT2D eigenvalue weighted by molar-refractivity contribution is 5.79. The van der Waals surface area contributed by atoms with E-state index < -0.39 is 5.97 Å². The Morgan fingerprint density at radius 2 is 2.10 bits per heavy atom. The van der Waals surface area contributed by atoms with Crippen molar-refractivity contribution in [1.82, 2.24) is 4.90 Å². The number of amides is 1. The Hall–Kier alpha value is -1.84. The third-order valence-corrected chi connectivity index (χ3v) is 4.24. The Kier molecular flexibility index (Phi) is 5.37. The smallest absolute Gasteiger partial charge is 0.303 e. The van der Waals surface area contributed by atoms with Crippen molar-refractivity contribution in [2.24, 2.45) is 5.92 Å². The van der Waals surface area contributed by atoms with Gasteiger partial charge < -0.3 is 10.0 Å². The summed E-state index contributed by atoms with van der Waals surface area (Å²) in [5.41, 5.74) is 2.22. The van der Waals surface area contributed by atoms with Crippen molar-refractivity contribution >= 4 is 11.9 Å². The van der Waals surface area contributed by atoms with Crippen molar-refractivity contribution in [3.8, 4) is 0 Å². The quantitative estimate of drug-likeness (QED) is 0.906. The third-order valence-electron chi connectivity index (χ3n) is 4.24. The molecule has 0 spiro atoms. The average molecular weight is 289 g/mol. The second-order valence-electron chi connectivity index (χ2n) is 5.88. The molecule has 1 amide bonds. The van der Waals surface area contributed by atoms with E-state index >= 15 is 0 Å². The summed E-state index contributed by atoms with van der Waals surface area (Å²) >= 11 is 0. The molecule has 2 rings (SSSR count). The van der Waals surface area contributed by atoms with Crippen molar-refractivity contribution in [2.45, 2.75) is 39.0 Å². The van der Waals surface area contributed by atoms with E-state index in [1.54, 1.807) is 0 Å². The molecule has 1 fully saturated rings. The zero-order valence-corrected chi connectivity index (χ0v) is 12.5. The summed E-state index contributed by atoms with van der Waals surface area (Å²) in [7, 11) is 0. The molecule has 1 saturated heterocycles. The summed E-state index contributed by atoms with van der Waals surface area (Å²) < 4.78 is 0. The van der Waals surface area contributed by atoms with Crippen LogP contribution in [0.2, 0.25) is 0 Å². The van der Waals surface area contributed by atoms with E-state index in [1.165, 1.54) is 0 Å². The molecule has 1 aromatic rings. The minimum absolute atomic E-state index is 0.157. The number of carboxylic acids is 1. The van der Waals surface area contributed by atoms with Gasteiger partial charge in [-0.1, -0.05) is 24.3 Å². The Morgan fingerprint density at radius 3 is 2.81 bits per heavy atom. The van der Waals surface area contributed by atoms with Crippen LogP contribution in [0.1, 0.15) is 36.8 Å². The summed E-state index contributed by atoms with van der Waals surface area (Å²) in [4.78, 5) is 25.0. The highest BCUT2D eigenvalue weighted by atomic mass is 16.4. The molecule has 0 aliphatic carbocycles. The monoisotopic (exact) mass is 289 g/mol. The number of carboxylic acid groups (broad SMARTS) is 1. The van der Waals surface area contributed by atoms with E-state index in [1.807, 2.05) is 36.1 Å². The predicted octanol–water partition coefficient (Wildman–Crippen LogP) is 2.64. The number of carbonyl (C=O) groups is 2. The Labute approximate surface area is 125 Å². The lowest BCUT2D eigenvalue weighted by Gasteiger charge is -2.33. The maximum atomic E-state index is 12.4. The molecular formula is C17H23NO3. The number of hydrogen-bond donors (Lipinski definition) is 1. The molecule has 1 atom stereocenters. The molecule has 21 heavy (non-hydrogen) atoms. The van der Waals surface area contributed by atoms with Gasteiger partial charge in [-0.3, -0.25) is 9.59 Å². The van der Waals surface area contributed by atoms with Gasteiger partial charge in [0.15, 0.2) is 0 Å². The Balaban J connectivity index is 1.90. The zero-order valence-electron chi connectivity index (χ0n) is 12.5. The van der Waals surface area contributed by atoms with Crippen LogP contribution in [0.15, 0.2) is 24.3 Å². The van der Waals surface area contributed by atoms with Crippen LogP contribution in [0, 0.1) is 12.8 Å². The summed E-state index contributed by atoms with van der Waals surface area (Å²) in [6.45, 7) is 3.53. The van der Waals surface area contributed by atoms with E-state index in [0.29, 0.717) is 25.3 Å². The average Bonchev–Trinajstić information content (AvgIpc) is 2.48. The molecule has 4 nitrogen and oxygen atoms in total. The molecule has 1 aliphatic heterocycles. The first-order chi connectivity index (χ1) is 10.1. The van der Waals surface area contributed by atoms with Crippen LogP contribution >= 0.6 is 0 Å². The number of piperidine rings is 1. The van der Waals surface area contributed by atoms with Gasteiger partial charge in [0.25, 0.3) is 0 Å². The molecule has 0 saturated carbocycles. The van der Waals surface area contributed by atoms with Crippen LogP contribution in [-0.4, -0.2) is 35.0 Å². The molecule has 1 heterocycles. The zero-order chi connectivity index (χ0) is 15.2. The number of rotatable bonds is 5. The highest BCUT2D eigenvalue weighted by Gasteiger charge is 2.24. The fraction of sp³-hybridized carbons (Fsp3) is 0.529. The lowest BCUT2D eigenvalue weighted by molar-refractivity contribution is -0.137. The Bertz CT molecular complexity index is 513. The second kappa shape index (κ2) is 7.25. The molecule has 0 aromatic heterocycles. The number of aryl methyl sites for hydroxylation is 1. The van der Waals surface area contributed by atoms with E-state index in [0.717, 1.165) is 30.5 Å². The minimum atomic E-state index is -0.752. The van der Waals surface area contributed by atoms with Gasteiger partial charge in [0.05, 0.1) is 6.42 Å². The van der Waals surface area contributed by atoms with Crippen molar-refractivity contribution in [3.05, 3.63) is 35.4 Å². The molecule has 1 N–H and O–H groups in total. The first-order valence-electron chi connectivity index (χ1n) is 7.60. The SMILES string of the molecule is Cc1ccccc1CC(=O)N1CCC[C@@H](CCC(=O)O)C1. The number of likely N-dealkylation sites (tertiary alicyclic amines) is 1. The van der Waals surface area contributed by atoms with E-state index in [4.69, 9.17) is 5.11 Å². The van der Waals surface area contributed by atoms with Gasteiger partial charge >= 0.3 is 5.97 Å². The predicted molar refractivity (Wildman–Crippen MR) is 81.1 cm³/mol. The first-order valence-corrected chi connectivity index (χ1v) is 7.60. The van der Waals surface area contributed by atoms with Crippen LogP contribution in [0.5, 0.6) is 0 Å². The molecule has 4 heteroatoms. The number of nitrogens with zero attached hydrogens (tertiary/aromatic N) is 1. The summed E-state index contributed by atoms with van der Waals surface area (Å²) in [5.74, 6) is -0.265. The number of hydrogen-bond acceptors (Lipinski definition) is 2. The van der Waals surface area contributed by atoms with Crippen molar-refractivity contribution in [2.75, 3.05) is 13.1 Å². The lowest BCUT2D eigenvalue weighted by atomic mass is 9.93. The second-order valence-corrected chi connectivity index (χ2v) is 5.88. The highest BCUT2D eigenvalue weighted by Crippen LogP contribution is 2.22. The van der Waals surface area contributed by atoms with Gasteiger partial charge in [0, 0.05) is 19.5 Å². The van der Waals surface area contributed by atoms with Crippen LogP contribution < -0.4 is 0 Å². The largest absolute Gasteiger partial charge is 0.481 e. The van der Waals surface area contributed by atoms with Gasteiger partial charge in [-0.05, 0) is 43.2 Å². The normalized spacial score (nSPS) is 18.5. The number of carbonyl (C=O) groups excluding carboxylic acids is 1. The fourth-order valence-corrected chi connectivity index (χ4v) is 2.94. The van der Waals surface area contributed by atoms with Gasteiger partial charge in [-0.25, -0.2) is 0 Å². The molecular weight excluding hydrogens is 266 g/mol. The van der Waals surface area contributed by atoms with Gasteiger partial charge in [0.2, 0.25) is 5.91 Å². The first kappa shape index (κ1) is 15.5. The van der Waals surface area contributed by atoms with Crippen LogP contribution in [0.4, 0.5) is 0 Å². The molecule has 1 aliphatic rings. The van der Waals surface area contributed by atoms with E-state index in [2.05, 4.69) is 0 Å². The van der Waals surface area contributed by atoms with Crippen molar-refractivity contribution in [1.29, 1.82) is 0 Å². The van der Waals surface area contributed by atoms with Gasteiger partial charge in [0.1, 0.15) is 0 Å². The maximum Gasteiger partial charge on any atom is 0.303 e. The number of benzene rings is 1. The van der Waals surface area contributed by atoms with Crippen molar-refractivity contribution in [3.63, 3.8) is 0 Å². The molecule has 0 bridgehead atoms. The minimum Gasteiger partial charge on any atom is -0.481 e. The van der Waals surface area contributed by atoms with E-state index in [-0.39, 0.29) is 12.3 Å². The molecule has 114 valence electrons. The molecule has 1 aromatic carbocycles.